The molecule has 168 valence electrons. The standard InChI is InChI=1S/C24H27FN4O2S/c1-16(20-14-18(25)6-9-22(20)29-12-10-28(2)11-13-29)26-23(30)21-15-32-24(27-21)17-4-7-19(31-3)8-5-17/h4-9,14-16H,10-13H2,1-3H3,(H,26,30). The van der Waals surface area contributed by atoms with Crippen LogP contribution in [0.2, 0.25) is 0 Å². The first-order chi connectivity index (χ1) is 15.4. The SMILES string of the molecule is COc1ccc(-c2nc(C(=O)NC(C)c3cc(F)ccc3N3CCN(C)CC3)cs2)cc1. The molecule has 1 aromatic heterocycles. The molecular formula is C24H27FN4O2S. The van der Waals surface area contributed by atoms with Crippen molar-refractivity contribution in [3.05, 3.63) is 64.9 Å². The van der Waals surface area contributed by atoms with Crippen LogP contribution < -0.4 is 15.0 Å². The number of ether oxygens (including phenoxy) is 1. The monoisotopic (exact) mass is 454 g/mol. The molecule has 4 rings (SSSR count). The number of aromatic nitrogens is 1. The summed E-state index contributed by atoms with van der Waals surface area (Å²) in [6.07, 6.45) is 0. The van der Waals surface area contributed by atoms with Crippen molar-refractivity contribution in [3.8, 4) is 16.3 Å². The zero-order chi connectivity index (χ0) is 22.7. The van der Waals surface area contributed by atoms with E-state index in [1.54, 1.807) is 12.5 Å². The third-order valence-corrected chi connectivity index (χ3v) is 6.61. The molecule has 0 bridgehead atoms. The molecule has 1 N–H and O–H groups in total. The number of carbonyl (C=O) groups is 1. The number of halogens is 1. The number of hydrogen-bond donors (Lipinski definition) is 1. The van der Waals surface area contributed by atoms with Gasteiger partial charge in [-0.15, -0.1) is 11.3 Å². The van der Waals surface area contributed by atoms with Crippen LogP contribution in [0, 0.1) is 5.82 Å². The Hall–Kier alpha value is -2.97. The number of piperazine rings is 1. The Bertz CT molecular complexity index is 1080. The van der Waals surface area contributed by atoms with E-state index in [0.29, 0.717) is 5.69 Å². The van der Waals surface area contributed by atoms with Gasteiger partial charge in [0.25, 0.3) is 5.91 Å². The minimum absolute atomic E-state index is 0.276. The molecule has 32 heavy (non-hydrogen) atoms. The van der Waals surface area contributed by atoms with E-state index in [4.69, 9.17) is 4.74 Å². The van der Waals surface area contributed by atoms with Crippen molar-refractivity contribution in [2.45, 2.75) is 13.0 Å². The van der Waals surface area contributed by atoms with Crippen molar-refractivity contribution < 1.29 is 13.9 Å². The lowest BCUT2D eigenvalue weighted by Gasteiger charge is -2.36. The van der Waals surface area contributed by atoms with Gasteiger partial charge in [0.2, 0.25) is 0 Å². The average Bonchev–Trinajstić information content (AvgIpc) is 3.30. The normalized spacial score (nSPS) is 15.4. The van der Waals surface area contributed by atoms with E-state index in [9.17, 15) is 9.18 Å². The van der Waals surface area contributed by atoms with Crippen LogP contribution in [0.25, 0.3) is 10.6 Å². The quantitative estimate of drug-likeness (QED) is 0.605. The summed E-state index contributed by atoms with van der Waals surface area (Å²) in [4.78, 5) is 21.9. The zero-order valence-electron chi connectivity index (χ0n) is 18.5. The highest BCUT2D eigenvalue weighted by Gasteiger charge is 2.22. The molecule has 1 aliphatic rings. The van der Waals surface area contributed by atoms with Crippen LogP contribution in [0.15, 0.2) is 47.8 Å². The fraction of sp³-hybridized carbons (Fsp3) is 0.333. The van der Waals surface area contributed by atoms with Gasteiger partial charge in [-0.2, -0.15) is 0 Å². The number of likely N-dealkylation sites (N-methyl/N-ethyl adjacent to an activating group) is 1. The number of carbonyl (C=O) groups excluding carboxylic acids is 1. The fourth-order valence-electron chi connectivity index (χ4n) is 3.80. The summed E-state index contributed by atoms with van der Waals surface area (Å²) in [6.45, 7) is 5.51. The van der Waals surface area contributed by atoms with E-state index >= 15 is 0 Å². The second kappa shape index (κ2) is 9.67. The molecule has 1 saturated heterocycles. The molecule has 0 spiro atoms. The summed E-state index contributed by atoms with van der Waals surface area (Å²) in [7, 11) is 3.72. The molecule has 6 nitrogen and oxygen atoms in total. The lowest BCUT2D eigenvalue weighted by molar-refractivity contribution is 0.0935. The van der Waals surface area contributed by atoms with Gasteiger partial charge < -0.3 is 19.9 Å². The highest BCUT2D eigenvalue weighted by atomic mass is 32.1. The Morgan fingerprint density at radius 2 is 1.88 bits per heavy atom. The van der Waals surface area contributed by atoms with Crippen LogP contribution in [0.1, 0.15) is 29.0 Å². The second-order valence-corrected chi connectivity index (χ2v) is 8.81. The molecule has 1 atom stereocenters. The molecular weight excluding hydrogens is 427 g/mol. The summed E-state index contributed by atoms with van der Waals surface area (Å²) in [5, 5.41) is 5.50. The van der Waals surface area contributed by atoms with Crippen LogP contribution in [-0.2, 0) is 0 Å². The maximum Gasteiger partial charge on any atom is 0.271 e. The number of anilines is 1. The first-order valence-electron chi connectivity index (χ1n) is 10.6. The number of nitrogens with zero attached hydrogens (tertiary/aromatic N) is 3. The third-order valence-electron chi connectivity index (χ3n) is 5.72. The Labute approximate surface area is 191 Å². The Kier molecular flexibility index (Phi) is 6.72. The average molecular weight is 455 g/mol. The van der Waals surface area contributed by atoms with E-state index in [2.05, 4.69) is 27.1 Å². The second-order valence-electron chi connectivity index (χ2n) is 7.96. The lowest BCUT2D eigenvalue weighted by atomic mass is 10.0. The molecule has 2 aromatic carbocycles. The van der Waals surface area contributed by atoms with Crippen LogP contribution in [0.5, 0.6) is 5.75 Å². The lowest BCUT2D eigenvalue weighted by Crippen LogP contribution is -2.45. The van der Waals surface area contributed by atoms with Gasteiger partial charge in [-0.05, 0) is 56.4 Å². The predicted octanol–water partition coefficient (Wildman–Crippen LogP) is 4.20. The van der Waals surface area contributed by atoms with E-state index in [1.165, 1.54) is 23.5 Å². The molecule has 8 heteroatoms. The van der Waals surface area contributed by atoms with Crippen LogP contribution >= 0.6 is 11.3 Å². The van der Waals surface area contributed by atoms with Crippen molar-refractivity contribution in [2.75, 3.05) is 45.2 Å². The van der Waals surface area contributed by atoms with E-state index < -0.39 is 0 Å². The van der Waals surface area contributed by atoms with Crippen molar-refractivity contribution >= 4 is 22.9 Å². The molecule has 1 amide bonds. The predicted molar refractivity (Wildman–Crippen MR) is 126 cm³/mol. The Balaban J connectivity index is 1.49. The molecule has 1 fully saturated rings. The molecule has 0 radical (unpaired) electrons. The molecule has 3 aromatic rings. The first-order valence-corrected chi connectivity index (χ1v) is 11.5. The van der Waals surface area contributed by atoms with E-state index in [1.807, 2.05) is 37.3 Å². The van der Waals surface area contributed by atoms with Gasteiger partial charge in [0.15, 0.2) is 0 Å². The van der Waals surface area contributed by atoms with Crippen LogP contribution in [-0.4, -0.2) is 56.1 Å². The number of nitrogens with one attached hydrogen (secondary N) is 1. The number of amides is 1. The summed E-state index contributed by atoms with van der Waals surface area (Å²) in [6, 6.07) is 12.0. The number of methoxy groups -OCH3 is 1. The van der Waals surface area contributed by atoms with Gasteiger partial charge in [0, 0.05) is 48.4 Å². The number of hydrogen-bond acceptors (Lipinski definition) is 6. The third kappa shape index (κ3) is 4.92. The zero-order valence-corrected chi connectivity index (χ0v) is 19.3. The van der Waals surface area contributed by atoms with Crippen molar-refractivity contribution in [2.24, 2.45) is 0 Å². The highest BCUT2D eigenvalue weighted by molar-refractivity contribution is 7.13. The molecule has 1 unspecified atom stereocenters. The maximum absolute atomic E-state index is 14.1. The highest BCUT2D eigenvalue weighted by Crippen LogP contribution is 2.29. The molecule has 1 aliphatic heterocycles. The smallest absolute Gasteiger partial charge is 0.271 e. The first kappa shape index (κ1) is 22.2. The Morgan fingerprint density at radius 1 is 1.16 bits per heavy atom. The largest absolute Gasteiger partial charge is 0.497 e. The molecule has 2 heterocycles. The maximum atomic E-state index is 14.1. The molecule has 0 aliphatic carbocycles. The summed E-state index contributed by atoms with van der Waals surface area (Å²) < 4.78 is 19.3. The molecule has 0 saturated carbocycles. The van der Waals surface area contributed by atoms with Gasteiger partial charge in [0.05, 0.1) is 13.2 Å². The Morgan fingerprint density at radius 3 is 2.56 bits per heavy atom. The van der Waals surface area contributed by atoms with E-state index in [0.717, 1.165) is 53.8 Å². The van der Waals surface area contributed by atoms with Gasteiger partial charge in [0.1, 0.15) is 22.3 Å². The summed E-state index contributed by atoms with van der Waals surface area (Å²) >= 11 is 1.41. The number of rotatable bonds is 6. The topological polar surface area (TPSA) is 57.7 Å². The summed E-state index contributed by atoms with van der Waals surface area (Å²) in [5.74, 6) is 0.180. The van der Waals surface area contributed by atoms with Gasteiger partial charge in [-0.3, -0.25) is 4.79 Å². The fourth-order valence-corrected chi connectivity index (χ4v) is 4.61. The van der Waals surface area contributed by atoms with Crippen molar-refractivity contribution in [3.63, 3.8) is 0 Å². The van der Waals surface area contributed by atoms with Gasteiger partial charge >= 0.3 is 0 Å². The van der Waals surface area contributed by atoms with Crippen LogP contribution in [0.4, 0.5) is 10.1 Å². The minimum atomic E-state index is -0.362. The van der Waals surface area contributed by atoms with E-state index in [-0.39, 0.29) is 17.8 Å². The van der Waals surface area contributed by atoms with Crippen molar-refractivity contribution in [1.82, 2.24) is 15.2 Å². The van der Waals surface area contributed by atoms with Crippen molar-refractivity contribution in [1.29, 1.82) is 0 Å². The van der Waals surface area contributed by atoms with Crippen LogP contribution in [0.3, 0.4) is 0 Å². The summed E-state index contributed by atoms with van der Waals surface area (Å²) in [5.41, 5.74) is 3.01. The number of thiazole rings is 1. The minimum Gasteiger partial charge on any atom is -0.497 e. The van der Waals surface area contributed by atoms with Gasteiger partial charge in [-0.1, -0.05) is 0 Å². The van der Waals surface area contributed by atoms with Gasteiger partial charge in [-0.25, -0.2) is 9.37 Å². The number of benzene rings is 2.